The second kappa shape index (κ2) is 6.37. The number of hydrogen-bond acceptors (Lipinski definition) is 4. The fraction of sp³-hybridized carbons (Fsp3) is 0.308. The van der Waals surface area contributed by atoms with Gasteiger partial charge in [0.25, 0.3) is 0 Å². The summed E-state index contributed by atoms with van der Waals surface area (Å²) in [6.45, 7) is 4.23. The Balaban J connectivity index is 1.78. The molecule has 0 radical (unpaired) electrons. The summed E-state index contributed by atoms with van der Waals surface area (Å²) in [6, 6.07) is 10.2. The Hall–Kier alpha value is -1.39. The van der Waals surface area contributed by atoms with Gasteiger partial charge in [0, 0.05) is 12.7 Å². The number of rotatable bonds is 6. The molecule has 3 nitrogen and oxygen atoms in total. The van der Waals surface area contributed by atoms with Crippen LogP contribution in [0, 0.1) is 0 Å². The summed E-state index contributed by atoms with van der Waals surface area (Å²) >= 11 is 1.65. The topological polar surface area (TPSA) is 34.2 Å². The Kier molecular flexibility index (Phi) is 4.53. The maximum absolute atomic E-state index is 5.64. The Morgan fingerprint density at radius 3 is 2.82 bits per heavy atom. The molecule has 0 fully saturated rings. The fourth-order valence-corrected chi connectivity index (χ4v) is 2.27. The number of ether oxygens (including phenoxy) is 1. The molecule has 0 saturated heterocycles. The average Bonchev–Trinajstić information content (AvgIpc) is 2.79. The van der Waals surface area contributed by atoms with Gasteiger partial charge in [-0.25, -0.2) is 4.98 Å². The van der Waals surface area contributed by atoms with Gasteiger partial charge < -0.3 is 10.1 Å². The number of hydrogen-bond donors (Lipinski definition) is 1. The van der Waals surface area contributed by atoms with Crippen LogP contribution in [0.15, 0.2) is 36.5 Å². The van der Waals surface area contributed by atoms with Crippen LogP contribution in [0.5, 0.6) is 0 Å². The first-order valence-corrected chi connectivity index (χ1v) is 6.50. The quantitative estimate of drug-likeness (QED) is 0.851. The summed E-state index contributed by atoms with van der Waals surface area (Å²) in [4.78, 5) is 5.41. The molecule has 0 spiro atoms. The van der Waals surface area contributed by atoms with Crippen molar-refractivity contribution in [1.29, 1.82) is 0 Å². The number of aromatic nitrogens is 1. The van der Waals surface area contributed by atoms with Gasteiger partial charge in [0.05, 0.1) is 18.1 Å². The van der Waals surface area contributed by atoms with Gasteiger partial charge in [0.2, 0.25) is 0 Å². The lowest BCUT2D eigenvalue weighted by Crippen LogP contribution is -1.94. The number of nitrogens with zero attached hydrogens (tertiary/aromatic N) is 1. The second-order valence-electron chi connectivity index (χ2n) is 3.64. The van der Waals surface area contributed by atoms with E-state index in [2.05, 4.69) is 29.4 Å². The fourth-order valence-electron chi connectivity index (χ4n) is 1.45. The van der Waals surface area contributed by atoms with Gasteiger partial charge >= 0.3 is 0 Å². The van der Waals surface area contributed by atoms with Crippen LogP contribution >= 0.6 is 11.3 Å². The Bertz CT molecular complexity index is 442. The number of thiazole rings is 1. The molecule has 0 saturated carbocycles. The molecule has 0 aliphatic heterocycles. The minimum Gasteiger partial charge on any atom is -0.371 e. The van der Waals surface area contributed by atoms with Crippen molar-refractivity contribution in [1.82, 2.24) is 4.98 Å². The standard InChI is InChI=1S/C13H16N2OS/c1-2-14-13-15-8-12(17-13)10-16-9-11-6-4-3-5-7-11/h3-8H,2,9-10H2,1H3,(H,14,15). The highest BCUT2D eigenvalue weighted by molar-refractivity contribution is 7.15. The van der Waals surface area contributed by atoms with Crippen molar-refractivity contribution in [3.8, 4) is 0 Å². The van der Waals surface area contributed by atoms with Gasteiger partial charge in [-0.2, -0.15) is 0 Å². The maximum atomic E-state index is 5.64. The van der Waals surface area contributed by atoms with E-state index in [9.17, 15) is 0 Å². The summed E-state index contributed by atoms with van der Waals surface area (Å²) < 4.78 is 5.64. The van der Waals surface area contributed by atoms with Crippen molar-refractivity contribution >= 4 is 16.5 Å². The van der Waals surface area contributed by atoms with Gasteiger partial charge in [-0.1, -0.05) is 41.7 Å². The largest absolute Gasteiger partial charge is 0.371 e. The summed E-state index contributed by atoms with van der Waals surface area (Å²) in [7, 11) is 0. The third-order valence-electron chi connectivity index (χ3n) is 2.24. The first kappa shape index (κ1) is 12.1. The Morgan fingerprint density at radius 2 is 2.06 bits per heavy atom. The van der Waals surface area contributed by atoms with Crippen molar-refractivity contribution in [2.24, 2.45) is 0 Å². The zero-order valence-electron chi connectivity index (χ0n) is 9.85. The molecular formula is C13H16N2OS. The van der Waals surface area contributed by atoms with Crippen molar-refractivity contribution in [2.75, 3.05) is 11.9 Å². The predicted molar refractivity (Wildman–Crippen MR) is 71.2 cm³/mol. The normalized spacial score (nSPS) is 10.4. The smallest absolute Gasteiger partial charge is 0.182 e. The molecule has 17 heavy (non-hydrogen) atoms. The van der Waals surface area contributed by atoms with E-state index in [1.807, 2.05) is 24.4 Å². The molecule has 0 aliphatic carbocycles. The number of nitrogens with one attached hydrogen (secondary N) is 1. The zero-order chi connectivity index (χ0) is 11.9. The lowest BCUT2D eigenvalue weighted by molar-refractivity contribution is 0.109. The summed E-state index contributed by atoms with van der Waals surface area (Å²) in [5.41, 5.74) is 1.20. The van der Waals surface area contributed by atoms with E-state index in [-0.39, 0.29) is 0 Å². The third kappa shape index (κ3) is 3.84. The highest BCUT2D eigenvalue weighted by Crippen LogP contribution is 2.18. The molecular weight excluding hydrogens is 232 g/mol. The number of benzene rings is 1. The van der Waals surface area contributed by atoms with Crippen molar-refractivity contribution < 1.29 is 4.74 Å². The van der Waals surface area contributed by atoms with Crippen LogP contribution in [-0.2, 0) is 18.0 Å². The zero-order valence-corrected chi connectivity index (χ0v) is 10.7. The highest BCUT2D eigenvalue weighted by atomic mass is 32.1. The van der Waals surface area contributed by atoms with Crippen LogP contribution < -0.4 is 5.32 Å². The maximum Gasteiger partial charge on any atom is 0.182 e. The monoisotopic (exact) mass is 248 g/mol. The van der Waals surface area contributed by atoms with Crippen LogP contribution in [0.3, 0.4) is 0 Å². The van der Waals surface area contributed by atoms with Crippen LogP contribution in [0.4, 0.5) is 5.13 Å². The first-order valence-electron chi connectivity index (χ1n) is 5.68. The minimum absolute atomic E-state index is 0.623. The molecule has 90 valence electrons. The molecule has 0 unspecified atom stereocenters. The van der Waals surface area contributed by atoms with E-state index in [0.717, 1.165) is 16.6 Å². The summed E-state index contributed by atoms with van der Waals surface area (Å²) in [6.07, 6.45) is 1.87. The molecule has 1 aromatic heterocycles. The van der Waals surface area contributed by atoms with Gasteiger partial charge in [0.1, 0.15) is 0 Å². The van der Waals surface area contributed by atoms with Gasteiger partial charge in [-0.05, 0) is 12.5 Å². The minimum atomic E-state index is 0.623. The van der Waals surface area contributed by atoms with E-state index in [1.165, 1.54) is 5.56 Å². The molecule has 2 aromatic rings. The molecule has 1 heterocycles. The summed E-state index contributed by atoms with van der Waals surface area (Å²) in [5.74, 6) is 0. The Morgan fingerprint density at radius 1 is 1.24 bits per heavy atom. The van der Waals surface area contributed by atoms with E-state index >= 15 is 0 Å². The van der Waals surface area contributed by atoms with Gasteiger partial charge in [0.15, 0.2) is 5.13 Å². The molecule has 0 atom stereocenters. The lowest BCUT2D eigenvalue weighted by atomic mass is 10.2. The average molecular weight is 248 g/mol. The molecule has 4 heteroatoms. The molecule has 0 aliphatic rings. The van der Waals surface area contributed by atoms with Crippen LogP contribution in [0.1, 0.15) is 17.4 Å². The highest BCUT2D eigenvalue weighted by Gasteiger charge is 2.01. The van der Waals surface area contributed by atoms with E-state index in [1.54, 1.807) is 11.3 Å². The van der Waals surface area contributed by atoms with Crippen LogP contribution in [0.2, 0.25) is 0 Å². The first-order chi connectivity index (χ1) is 8.38. The van der Waals surface area contributed by atoms with Crippen molar-refractivity contribution in [3.63, 3.8) is 0 Å². The Labute approximate surface area is 105 Å². The van der Waals surface area contributed by atoms with Crippen LogP contribution in [0.25, 0.3) is 0 Å². The van der Waals surface area contributed by atoms with Gasteiger partial charge in [-0.15, -0.1) is 0 Å². The third-order valence-corrected chi connectivity index (χ3v) is 3.17. The van der Waals surface area contributed by atoms with Crippen molar-refractivity contribution in [2.45, 2.75) is 20.1 Å². The molecule has 1 aromatic carbocycles. The summed E-state index contributed by atoms with van der Waals surface area (Å²) in [5, 5.41) is 4.15. The van der Waals surface area contributed by atoms with Crippen LogP contribution in [-0.4, -0.2) is 11.5 Å². The lowest BCUT2D eigenvalue weighted by Gasteiger charge is -2.01. The van der Waals surface area contributed by atoms with Crippen molar-refractivity contribution in [3.05, 3.63) is 47.0 Å². The molecule has 2 rings (SSSR count). The van der Waals surface area contributed by atoms with Gasteiger partial charge in [-0.3, -0.25) is 0 Å². The molecule has 1 N–H and O–H groups in total. The van der Waals surface area contributed by atoms with E-state index in [4.69, 9.17) is 4.74 Å². The second-order valence-corrected chi connectivity index (χ2v) is 4.76. The molecule has 0 bridgehead atoms. The van der Waals surface area contributed by atoms with E-state index < -0.39 is 0 Å². The predicted octanol–water partition coefficient (Wildman–Crippen LogP) is 3.29. The molecule has 0 amide bonds. The SMILES string of the molecule is CCNc1ncc(COCc2ccccc2)s1. The van der Waals surface area contributed by atoms with E-state index in [0.29, 0.717) is 13.2 Å². The number of anilines is 1.